The van der Waals surface area contributed by atoms with Crippen LogP contribution < -0.4 is 10.5 Å². The third-order valence-corrected chi connectivity index (χ3v) is 2.77. The number of anilines is 1. The Labute approximate surface area is 104 Å². The predicted molar refractivity (Wildman–Crippen MR) is 68.2 cm³/mol. The van der Waals surface area contributed by atoms with Crippen LogP contribution in [0.25, 0.3) is 11.3 Å². The molecule has 2 N–H and O–H groups in total. The van der Waals surface area contributed by atoms with Gasteiger partial charge in [-0.2, -0.15) is 0 Å². The molecule has 0 spiro atoms. The molecule has 0 aliphatic rings. The maximum atomic E-state index is 5.99. The average molecular weight is 250 g/mol. The summed E-state index contributed by atoms with van der Waals surface area (Å²) in [5, 5.41) is 0.623. The minimum Gasteiger partial charge on any atom is -0.496 e. The molecule has 0 saturated carbocycles. The molecule has 17 heavy (non-hydrogen) atoms. The molecular weight excluding hydrogens is 238 g/mol. The first-order valence-electron chi connectivity index (χ1n) is 5.04. The van der Waals surface area contributed by atoms with Crippen LogP contribution in [0.1, 0.15) is 5.56 Å². The van der Waals surface area contributed by atoms with Crippen molar-refractivity contribution in [3.8, 4) is 17.0 Å². The van der Waals surface area contributed by atoms with Crippen LogP contribution in [0, 0.1) is 6.92 Å². The first-order valence-corrected chi connectivity index (χ1v) is 5.42. The van der Waals surface area contributed by atoms with Gasteiger partial charge in [-0.1, -0.05) is 11.6 Å². The Kier molecular flexibility index (Phi) is 3.15. The number of nitrogens with two attached hydrogens (primary N) is 1. The summed E-state index contributed by atoms with van der Waals surface area (Å²) in [6, 6.07) is 5.37. The van der Waals surface area contributed by atoms with E-state index in [1.165, 1.54) is 6.33 Å². The molecular formula is C12H12ClN3O. The first kappa shape index (κ1) is 11.7. The number of hydrogen-bond acceptors (Lipinski definition) is 4. The molecule has 0 radical (unpaired) electrons. The molecule has 0 bridgehead atoms. The van der Waals surface area contributed by atoms with E-state index in [-0.39, 0.29) is 0 Å². The van der Waals surface area contributed by atoms with Gasteiger partial charge in [0.2, 0.25) is 0 Å². The van der Waals surface area contributed by atoms with Gasteiger partial charge in [-0.15, -0.1) is 0 Å². The normalized spacial score (nSPS) is 10.3. The topological polar surface area (TPSA) is 61.0 Å². The molecule has 1 heterocycles. The van der Waals surface area contributed by atoms with E-state index < -0.39 is 0 Å². The first-order chi connectivity index (χ1) is 8.13. The van der Waals surface area contributed by atoms with Gasteiger partial charge in [-0.25, -0.2) is 9.97 Å². The summed E-state index contributed by atoms with van der Waals surface area (Å²) in [6.45, 7) is 1.87. The maximum absolute atomic E-state index is 5.99. The number of benzene rings is 1. The van der Waals surface area contributed by atoms with Crippen molar-refractivity contribution in [3.63, 3.8) is 0 Å². The Hall–Kier alpha value is -1.81. The summed E-state index contributed by atoms with van der Waals surface area (Å²) in [4.78, 5) is 8.16. The summed E-state index contributed by atoms with van der Waals surface area (Å²) >= 11 is 5.99. The van der Waals surface area contributed by atoms with Crippen molar-refractivity contribution in [2.45, 2.75) is 6.92 Å². The molecule has 0 atom stereocenters. The number of nitrogens with zero attached hydrogens (tertiary/aromatic N) is 2. The minimum absolute atomic E-state index is 0.456. The zero-order valence-corrected chi connectivity index (χ0v) is 10.3. The quantitative estimate of drug-likeness (QED) is 0.889. The second-order valence-corrected chi connectivity index (χ2v) is 4.01. The Morgan fingerprint density at radius 1 is 1.29 bits per heavy atom. The summed E-state index contributed by atoms with van der Waals surface area (Å²) in [5.41, 5.74) is 8.12. The van der Waals surface area contributed by atoms with Gasteiger partial charge in [-0.05, 0) is 25.1 Å². The SMILES string of the molecule is COc1ccc(Cl)cc1-c1ncnc(N)c1C. The van der Waals surface area contributed by atoms with E-state index >= 15 is 0 Å². The fourth-order valence-electron chi connectivity index (χ4n) is 1.60. The lowest BCUT2D eigenvalue weighted by Gasteiger charge is -2.11. The molecule has 2 rings (SSSR count). The maximum Gasteiger partial charge on any atom is 0.130 e. The van der Waals surface area contributed by atoms with Crippen LogP contribution in [0.15, 0.2) is 24.5 Å². The molecule has 2 aromatic rings. The van der Waals surface area contributed by atoms with Crippen LogP contribution in [0.4, 0.5) is 5.82 Å². The van der Waals surface area contributed by atoms with Crippen molar-refractivity contribution < 1.29 is 4.74 Å². The lowest BCUT2D eigenvalue weighted by molar-refractivity contribution is 0.416. The highest BCUT2D eigenvalue weighted by Gasteiger charge is 2.12. The number of ether oxygens (including phenoxy) is 1. The highest BCUT2D eigenvalue weighted by molar-refractivity contribution is 6.31. The zero-order valence-electron chi connectivity index (χ0n) is 9.57. The van der Waals surface area contributed by atoms with Crippen molar-refractivity contribution in [2.75, 3.05) is 12.8 Å². The van der Waals surface area contributed by atoms with Gasteiger partial charge < -0.3 is 10.5 Å². The smallest absolute Gasteiger partial charge is 0.130 e. The Balaban J connectivity index is 2.67. The van der Waals surface area contributed by atoms with E-state index in [2.05, 4.69) is 9.97 Å². The van der Waals surface area contributed by atoms with Crippen molar-refractivity contribution in [1.29, 1.82) is 0 Å². The second kappa shape index (κ2) is 4.59. The summed E-state index contributed by atoms with van der Waals surface area (Å²) in [7, 11) is 1.60. The van der Waals surface area contributed by atoms with Crippen molar-refractivity contribution in [2.24, 2.45) is 0 Å². The molecule has 88 valence electrons. The van der Waals surface area contributed by atoms with E-state index in [0.717, 1.165) is 16.8 Å². The molecule has 0 fully saturated rings. The summed E-state index contributed by atoms with van der Waals surface area (Å²) in [5.74, 6) is 1.16. The lowest BCUT2D eigenvalue weighted by atomic mass is 10.1. The van der Waals surface area contributed by atoms with E-state index in [0.29, 0.717) is 16.6 Å². The highest BCUT2D eigenvalue weighted by Crippen LogP contribution is 2.33. The van der Waals surface area contributed by atoms with Gasteiger partial charge in [-0.3, -0.25) is 0 Å². The van der Waals surface area contributed by atoms with Crippen LogP contribution in [0.5, 0.6) is 5.75 Å². The van der Waals surface area contributed by atoms with Gasteiger partial charge in [0, 0.05) is 16.1 Å². The molecule has 4 nitrogen and oxygen atoms in total. The monoisotopic (exact) mass is 249 g/mol. The molecule has 0 aliphatic heterocycles. The Bertz CT molecular complexity index is 557. The van der Waals surface area contributed by atoms with Gasteiger partial charge in [0.15, 0.2) is 0 Å². The zero-order chi connectivity index (χ0) is 12.4. The van der Waals surface area contributed by atoms with Gasteiger partial charge in [0.25, 0.3) is 0 Å². The minimum atomic E-state index is 0.456. The van der Waals surface area contributed by atoms with Crippen LogP contribution in [0.2, 0.25) is 5.02 Å². The lowest BCUT2D eigenvalue weighted by Crippen LogP contribution is -1.99. The number of hydrogen-bond donors (Lipinski definition) is 1. The fourth-order valence-corrected chi connectivity index (χ4v) is 1.77. The van der Waals surface area contributed by atoms with E-state index in [4.69, 9.17) is 22.1 Å². The number of methoxy groups -OCH3 is 1. The van der Waals surface area contributed by atoms with Crippen LogP contribution in [-0.2, 0) is 0 Å². The third kappa shape index (κ3) is 2.17. The van der Waals surface area contributed by atoms with Gasteiger partial charge in [0.1, 0.15) is 17.9 Å². The van der Waals surface area contributed by atoms with Crippen molar-refractivity contribution in [1.82, 2.24) is 9.97 Å². The van der Waals surface area contributed by atoms with Crippen molar-refractivity contribution in [3.05, 3.63) is 35.1 Å². The molecule has 1 aromatic heterocycles. The number of rotatable bonds is 2. The summed E-state index contributed by atoms with van der Waals surface area (Å²) < 4.78 is 5.29. The summed E-state index contributed by atoms with van der Waals surface area (Å²) in [6.07, 6.45) is 1.43. The Morgan fingerprint density at radius 2 is 2.06 bits per heavy atom. The Morgan fingerprint density at radius 3 is 2.76 bits per heavy atom. The molecule has 0 aliphatic carbocycles. The van der Waals surface area contributed by atoms with E-state index in [9.17, 15) is 0 Å². The number of halogens is 1. The molecule has 0 saturated heterocycles. The van der Waals surface area contributed by atoms with E-state index in [1.54, 1.807) is 25.3 Å². The predicted octanol–water partition coefficient (Wildman–Crippen LogP) is 2.70. The third-order valence-electron chi connectivity index (χ3n) is 2.54. The van der Waals surface area contributed by atoms with E-state index in [1.807, 2.05) is 6.92 Å². The highest BCUT2D eigenvalue weighted by atomic mass is 35.5. The van der Waals surface area contributed by atoms with Crippen LogP contribution in [0.3, 0.4) is 0 Å². The van der Waals surface area contributed by atoms with Crippen LogP contribution in [-0.4, -0.2) is 17.1 Å². The number of nitrogen functional groups attached to an aromatic ring is 1. The standard InChI is InChI=1S/C12H12ClN3O/c1-7-11(15-6-16-12(7)14)9-5-8(13)3-4-10(9)17-2/h3-6H,1-2H3,(H2,14,15,16). The average Bonchev–Trinajstić information content (AvgIpc) is 2.33. The molecule has 1 aromatic carbocycles. The molecule has 5 heteroatoms. The molecule has 0 unspecified atom stereocenters. The molecule has 0 amide bonds. The van der Waals surface area contributed by atoms with Gasteiger partial charge in [0.05, 0.1) is 12.8 Å². The second-order valence-electron chi connectivity index (χ2n) is 3.58. The van der Waals surface area contributed by atoms with Gasteiger partial charge >= 0.3 is 0 Å². The largest absolute Gasteiger partial charge is 0.496 e. The van der Waals surface area contributed by atoms with Crippen LogP contribution >= 0.6 is 11.6 Å². The van der Waals surface area contributed by atoms with Crippen molar-refractivity contribution >= 4 is 17.4 Å². The fraction of sp³-hybridized carbons (Fsp3) is 0.167. The number of aromatic nitrogens is 2.